The molecule has 0 spiro atoms. The van der Waals surface area contributed by atoms with E-state index in [4.69, 9.17) is 0 Å². The standard InChI is InChI=1S/C15H21N3/c1-10-6-7-11(15(2,3)4)8-12(10)13-9-14(16-5)18-17-13/h6-9H,1-5H3,(H2,16,17,18). The minimum atomic E-state index is 0.161. The average Bonchev–Trinajstić information content (AvgIpc) is 2.76. The number of aryl methyl sites for hydroxylation is 1. The van der Waals surface area contributed by atoms with Gasteiger partial charge in [0.2, 0.25) is 0 Å². The van der Waals surface area contributed by atoms with Crippen LogP contribution in [0.25, 0.3) is 11.3 Å². The Morgan fingerprint density at radius 1 is 1.17 bits per heavy atom. The van der Waals surface area contributed by atoms with Crippen molar-refractivity contribution >= 4 is 5.82 Å². The SMILES string of the molecule is CNc1cc(-c2cc(C(C)(C)C)ccc2C)[nH]n1. The van der Waals surface area contributed by atoms with Gasteiger partial charge in [0.25, 0.3) is 0 Å². The maximum absolute atomic E-state index is 4.21. The van der Waals surface area contributed by atoms with Crippen molar-refractivity contribution < 1.29 is 0 Å². The molecule has 0 fully saturated rings. The molecule has 0 unspecified atom stereocenters. The molecule has 0 saturated carbocycles. The first kappa shape index (κ1) is 12.7. The molecular formula is C15H21N3. The highest BCUT2D eigenvalue weighted by Gasteiger charge is 2.15. The molecule has 18 heavy (non-hydrogen) atoms. The van der Waals surface area contributed by atoms with Crippen LogP contribution in [0, 0.1) is 6.92 Å². The van der Waals surface area contributed by atoms with Crippen molar-refractivity contribution in [2.24, 2.45) is 0 Å². The van der Waals surface area contributed by atoms with Crippen LogP contribution in [-0.2, 0) is 5.41 Å². The number of benzene rings is 1. The van der Waals surface area contributed by atoms with E-state index in [9.17, 15) is 0 Å². The summed E-state index contributed by atoms with van der Waals surface area (Å²) in [5, 5.41) is 10.3. The molecule has 0 saturated heterocycles. The van der Waals surface area contributed by atoms with Gasteiger partial charge in [-0.05, 0) is 29.5 Å². The molecule has 2 N–H and O–H groups in total. The molecule has 0 aliphatic rings. The number of rotatable bonds is 2. The number of H-pyrrole nitrogens is 1. The highest BCUT2D eigenvalue weighted by atomic mass is 15.2. The fraction of sp³-hybridized carbons (Fsp3) is 0.400. The monoisotopic (exact) mass is 243 g/mol. The summed E-state index contributed by atoms with van der Waals surface area (Å²) in [5.41, 5.74) is 5.03. The normalized spacial score (nSPS) is 11.6. The average molecular weight is 243 g/mol. The third kappa shape index (κ3) is 2.40. The summed E-state index contributed by atoms with van der Waals surface area (Å²) < 4.78 is 0. The Kier molecular flexibility index (Phi) is 3.16. The van der Waals surface area contributed by atoms with E-state index < -0.39 is 0 Å². The number of anilines is 1. The highest BCUT2D eigenvalue weighted by Crippen LogP contribution is 2.30. The molecule has 1 heterocycles. The Morgan fingerprint density at radius 2 is 1.89 bits per heavy atom. The fourth-order valence-corrected chi connectivity index (χ4v) is 1.97. The van der Waals surface area contributed by atoms with Gasteiger partial charge in [0.05, 0.1) is 5.69 Å². The minimum Gasteiger partial charge on any atom is -0.372 e. The van der Waals surface area contributed by atoms with E-state index in [-0.39, 0.29) is 5.41 Å². The molecule has 0 bridgehead atoms. The van der Waals surface area contributed by atoms with Crippen LogP contribution in [0.2, 0.25) is 0 Å². The Morgan fingerprint density at radius 3 is 2.44 bits per heavy atom. The van der Waals surface area contributed by atoms with Gasteiger partial charge in [-0.1, -0.05) is 32.9 Å². The van der Waals surface area contributed by atoms with Gasteiger partial charge >= 0.3 is 0 Å². The second kappa shape index (κ2) is 4.48. The lowest BCUT2D eigenvalue weighted by Gasteiger charge is -2.20. The van der Waals surface area contributed by atoms with Gasteiger partial charge in [-0.2, -0.15) is 5.10 Å². The summed E-state index contributed by atoms with van der Waals surface area (Å²) in [4.78, 5) is 0. The lowest BCUT2D eigenvalue weighted by molar-refractivity contribution is 0.590. The highest BCUT2D eigenvalue weighted by molar-refractivity contribution is 5.67. The van der Waals surface area contributed by atoms with E-state index in [1.165, 1.54) is 16.7 Å². The third-order valence-corrected chi connectivity index (χ3v) is 3.23. The van der Waals surface area contributed by atoms with Gasteiger partial charge in [0, 0.05) is 18.7 Å². The molecule has 0 atom stereocenters. The maximum Gasteiger partial charge on any atom is 0.148 e. The van der Waals surface area contributed by atoms with Gasteiger partial charge in [-0.15, -0.1) is 0 Å². The van der Waals surface area contributed by atoms with Crippen molar-refractivity contribution in [2.75, 3.05) is 12.4 Å². The van der Waals surface area contributed by atoms with Crippen LogP contribution in [0.4, 0.5) is 5.82 Å². The number of aromatic amines is 1. The third-order valence-electron chi connectivity index (χ3n) is 3.23. The topological polar surface area (TPSA) is 40.7 Å². The first-order chi connectivity index (χ1) is 8.41. The molecule has 2 aromatic rings. The Balaban J connectivity index is 2.49. The fourth-order valence-electron chi connectivity index (χ4n) is 1.97. The molecule has 3 nitrogen and oxygen atoms in total. The Bertz CT molecular complexity index is 547. The van der Waals surface area contributed by atoms with Gasteiger partial charge < -0.3 is 5.32 Å². The second-order valence-corrected chi connectivity index (χ2v) is 5.70. The minimum absolute atomic E-state index is 0.161. The molecule has 1 aromatic heterocycles. The first-order valence-corrected chi connectivity index (χ1v) is 6.26. The van der Waals surface area contributed by atoms with Crippen LogP contribution in [-0.4, -0.2) is 17.2 Å². The van der Waals surface area contributed by atoms with Crippen molar-refractivity contribution in [1.82, 2.24) is 10.2 Å². The summed E-state index contributed by atoms with van der Waals surface area (Å²) in [7, 11) is 1.87. The number of nitrogens with one attached hydrogen (secondary N) is 2. The van der Waals surface area contributed by atoms with Crippen LogP contribution >= 0.6 is 0 Å². The second-order valence-electron chi connectivity index (χ2n) is 5.70. The number of nitrogens with zero attached hydrogens (tertiary/aromatic N) is 1. The molecule has 3 heteroatoms. The lowest BCUT2D eigenvalue weighted by Crippen LogP contribution is -2.11. The largest absolute Gasteiger partial charge is 0.372 e. The predicted octanol–water partition coefficient (Wildman–Crippen LogP) is 3.72. The van der Waals surface area contributed by atoms with E-state index in [0.717, 1.165) is 11.5 Å². The first-order valence-electron chi connectivity index (χ1n) is 6.26. The Hall–Kier alpha value is -1.77. The van der Waals surface area contributed by atoms with Gasteiger partial charge in [-0.25, -0.2) is 0 Å². The summed E-state index contributed by atoms with van der Waals surface area (Å²) >= 11 is 0. The molecular weight excluding hydrogens is 222 g/mol. The Labute approximate surface area is 109 Å². The van der Waals surface area contributed by atoms with Crippen LogP contribution in [0.5, 0.6) is 0 Å². The zero-order valence-corrected chi connectivity index (χ0v) is 11.8. The van der Waals surface area contributed by atoms with Gasteiger partial charge in [0.1, 0.15) is 5.82 Å². The van der Waals surface area contributed by atoms with Crippen LogP contribution in [0.1, 0.15) is 31.9 Å². The van der Waals surface area contributed by atoms with Crippen LogP contribution in [0.3, 0.4) is 0 Å². The number of hydrogen-bond acceptors (Lipinski definition) is 2. The maximum atomic E-state index is 4.21. The molecule has 2 rings (SSSR count). The molecule has 1 aromatic carbocycles. The van der Waals surface area contributed by atoms with E-state index >= 15 is 0 Å². The van der Waals surface area contributed by atoms with Crippen LogP contribution < -0.4 is 5.32 Å². The van der Waals surface area contributed by atoms with Gasteiger partial charge in [0.15, 0.2) is 0 Å². The summed E-state index contributed by atoms with van der Waals surface area (Å²) in [5.74, 6) is 0.866. The zero-order chi connectivity index (χ0) is 13.3. The molecule has 96 valence electrons. The predicted molar refractivity (Wildman–Crippen MR) is 77.0 cm³/mol. The van der Waals surface area contributed by atoms with E-state index in [0.29, 0.717) is 0 Å². The van der Waals surface area contributed by atoms with E-state index in [1.54, 1.807) is 0 Å². The molecule has 0 radical (unpaired) electrons. The number of hydrogen-bond donors (Lipinski definition) is 2. The smallest absolute Gasteiger partial charge is 0.148 e. The van der Waals surface area contributed by atoms with Gasteiger partial charge in [-0.3, -0.25) is 5.10 Å². The van der Waals surface area contributed by atoms with E-state index in [2.05, 4.69) is 61.4 Å². The van der Waals surface area contributed by atoms with Crippen molar-refractivity contribution in [2.45, 2.75) is 33.1 Å². The summed E-state index contributed by atoms with van der Waals surface area (Å²) in [6.07, 6.45) is 0. The van der Waals surface area contributed by atoms with E-state index in [1.807, 2.05) is 13.1 Å². The van der Waals surface area contributed by atoms with Crippen molar-refractivity contribution in [3.05, 3.63) is 35.4 Å². The van der Waals surface area contributed by atoms with Crippen molar-refractivity contribution in [3.8, 4) is 11.3 Å². The zero-order valence-electron chi connectivity index (χ0n) is 11.8. The number of aromatic nitrogens is 2. The van der Waals surface area contributed by atoms with Crippen LogP contribution in [0.15, 0.2) is 24.3 Å². The molecule has 0 aliphatic heterocycles. The summed E-state index contributed by atoms with van der Waals surface area (Å²) in [6.45, 7) is 8.82. The lowest BCUT2D eigenvalue weighted by atomic mass is 9.85. The summed E-state index contributed by atoms with van der Waals surface area (Å²) in [6, 6.07) is 8.67. The molecule has 0 amide bonds. The quantitative estimate of drug-likeness (QED) is 0.844. The van der Waals surface area contributed by atoms with Crippen molar-refractivity contribution in [3.63, 3.8) is 0 Å². The molecule has 0 aliphatic carbocycles. The van der Waals surface area contributed by atoms with Crippen molar-refractivity contribution in [1.29, 1.82) is 0 Å².